The smallest absolute Gasteiger partial charge is 0.224 e. The van der Waals surface area contributed by atoms with Crippen molar-refractivity contribution in [3.63, 3.8) is 0 Å². The predicted molar refractivity (Wildman–Crippen MR) is 79.5 cm³/mol. The number of amides is 1. The standard InChI is InChI=1S/C14H20BrFN2O/c1-9(5-6-17)3-4-14(19)18-13-8-12(16)11(15)7-10(13)2/h7-9H,3-6,17H2,1-2H3,(H,18,19). The van der Waals surface area contributed by atoms with Crippen molar-refractivity contribution in [3.8, 4) is 0 Å². The van der Waals surface area contributed by atoms with E-state index < -0.39 is 0 Å². The molecule has 0 saturated heterocycles. The highest BCUT2D eigenvalue weighted by atomic mass is 79.9. The van der Waals surface area contributed by atoms with E-state index >= 15 is 0 Å². The number of halogens is 2. The Labute approximate surface area is 121 Å². The Morgan fingerprint density at radius 2 is 2.16 bits per heavy atom. The van der Waals surface area contributed by atoms with Crippen molar-refractivity contribution in [1.82, 2.24) is 0 Å². The van der Waals surface area contributed by atoms with Crippen molar-refractivity contribution < 1.29 is 9.18 Å². The highest BCUT2D eigenvalue weighted by Gasteiger charge is 2.10. The lowest BCUT2D eigenvalue weighted by Gasteiger charge is -2.12. The van der Waals surface area contributed by atoms with Crippen LogP contribution >= 0.6 is 15.9 Å². The van der Waals surface area contributed by atoms with Gasteiger partial charge in [-0.1, -0.05) is 6.92 Å². The van der Waals surface area contributed by atoms with Gasteiger partial charge in [0.05, 0.1) is 4.47 Å². The minimum Gasteiger partial charge on any atom is -0.330 e. The normalized spacial score (nSPS) is 12.3. The second kappa shape index (κ2) is 7.60. The van der Waals surface area contributed by atoms with Gasteiger partial charge in [0.2, 0.25) is 5.91 Å². The van der Waals surface area contributed by atoms with E-state index in [0.29, 0.717) is 29.0 Å². The Bertz CT molecular complexity index is 451. The number of rotatable bonds is 6. The monoisotopic (exact) mass is 330 g/mol. The summed E-state index contributed by atoms with van der Waals surface area (Å²) < 4.78 is 13.8. The summed E-state index contributed by atoms with van der Waals surface area (Å²) in [5, 5.41) is 2.74. The van der Waals surface area contributed by atoms with Gasteiger partial charge in [-0.25, -0.2) is 4.39 Å². The quantitative estimate of drug-likeness (QED) is 0.837. The largest absolute Gasteiger partial charge is 0.330 e. The average Bonchev–Trinajstić information content (AvgIpc) is 2.34. The van der Waals surface area contributed by atoms with Gasteiger partial charge in [0.25, 0.3) is 0 Å². The van der Waals surface area contributed by atoms with Crippen molar-refractivity contribution in [2.75, 3.05) is 11.9 Å². The van der Waals surface area contributed by atoms with Crippen molar-refractivity contribution in [1.29, 1.82) is 0 Å². The Hall–Kier alpha value is -0.940. The van der Waals surface area contributed by atoms with Crippen LogP contribution in [0.4, 0.5) is 10.1 Å². The van der Waals surface area contributed by atoms with Crippen molar-refractivity contribution >= 4 is 27.5 Å². The van der Waals surface area contributed by atoms with Gasteiger partial charge in [-0.05, 0) is 65.9 Å². The van der Waals surface area contributed by atoms with Crippen LogP contribution in [-0.2, 0) is 4.79 Å². The molecule has 0 spiro atoms. The maximum atomic E-state index is 13.4. The van der Waals surface area contributed by atoms with E-state index in [2.05, 4.69) is 28.2 Å². The summed E-state index contributed by atoms with van der Waals surface area (Å²) in [6.07, 6.45) is 2.14. The van der Waals surface area contributed by atoms with Crippen LogP contribution in [0.25, 0.3) is 0 Å². The predicted octanol–water partition coefficient (Wildman–Crippen LogP) is 3.60. The van der Waals surface area contributed by atoms with Crippen LogP contribution in [0.3, 0.4) is 0 Å². The van der Waals surface area contributed by atoms with Gasteiger partial charge in [0, 0.05) is 12.1 Å². The number of nitrogens with two attached hydrogens (primary N) is 1. The minimum atomic E-state index is -0.377. The summed E-state index contributed by atoms with van der Waals surface area (Å²) in [4.78, 5) is 11.8. The molecule has 5 heteroatoms. The molecule has 0 saturated carbocycles. The van der Waals surface area contributed by atoms with E-state index in [9.17, 15) is 9.18 Å². The number of nitrogens with one attached hydrogen (secondary N) is 1. The van der Waals surface area contributed by atoms with Gasteiger partial charge in [-0.3, -0.25) is 4.79 Å². The number of benzene rings is 1. The molecule has 106 valence electrons. The molecule has 0 fully saturated rings. The molecule has 1 amide bonds. The lowest BCUT2D eigenvalue weighted by molar-refractivity contribution is -0.116. The zero-order valence-corrected chi connectivity index (χ0v) is 12.9. The van der Waals surface area contributed by atoms with Crippen LogP contribution < -0.4 is 11.1 Å². The highest BCUT2D eigenvalue weighted by Crippen LogP contribution is 2.24. The summed E-state index contributed by atoms with van der Waals surface area (Å²) in [6.45, 7) is 4.54. The highest BCUT2D eigenvalue weighted by molar-refractivity contribution is 9.10. The first-order valence-corrected chi connectivity index (χ1v) is 7.19. The van der Waals surface area contributed by atoms with E-state index in [1.165, 1.54) is 6.07 Å². The first-order valence-electron chi connectivity index (χ1n) is 6.39. The fourth-order valence-electron chi connectivity index (χ4n) is 1.80. The van der Waals surface area contributed by atoms with E-state index in [0.717, 1.165) is 18.4 Å². The van der Waals surface area contributed by atoms with Gasteiger partial charge in [-0.15, -0.1) is 0 Å². The van der Waals surface area contributed by atoms with Gasteiger partial charge in [-0.2, -0.15) is 0 Å². The van der Waals surface area contributed by atoms with Gasteiger partial charge in [0.1, 0.15) is 5.82 Å². The molecule has 1 aromatic carbocycles. The first kappa shape index (κ1) is 16.1. The number of anilines is 1. The summed E-state index contributed by atoms with van der Waals surface area (Å²) >= 11 is 3.11. The molecule has 0 bridgehead atoms. The molecule has 0 heterocycles. The SMILES string of the molecule is Cc1cc(Br)c(F)cc1NC(=O)CCC(C)CCN. The van der Waals surface area contributed by atoms with Gasteiger partial charge in [0.15, 0.2) is 0 Å². The molecule has 0 aliphatic carbocycles. The van der Waals surface area contributed by atoms with E-state index in [-0.39, 0.29) is 11.7 Å². The zero-order valence-electron chi connectivity index (χ0n) is 11.3. The molecule has 0 aliphatic rings. The molecule has 0 radical (unpaired) electrons. The molecule has 0 aromatic heterocycles. The molecule has 1 atom stereocenters. The first-order chi connectivity index (χ1) is 8.93. The average molecular weight is 331 g/mol. The third kappa shape index (κ3) is 5.28. The van der Waals surface area contributed by atoms with Gasteiger partial charge < -0.3 is 11.1 Å². The maximum Gasteiger partial charge on any atom is 0.224 e. The van der Waals surface area contributed by atoms with Gasteiger partial charge >= 0.3 is 0 Å². The Morgan fingerprint density at radius 1 is 1.47 bits per heavy atom. The van der Waals surface area contributed by atoms with Crippen molar-refractivity contribution in [2.24, 2.45) is 11.7 Å². The number of hydrogen-bond donors (Lipinski definition) is 2. The molecule has 3 nitrogen and oxygen atoms in total. The lowest BCUT2D eigenvalue weighted by Crippen LogP contribution is -2.15. The summed E-state index contributed by atoms with van der Waals surface area (Å²) in [5.74, 6) is -0.0374. The zero-order chi connectivity index (χ0) is 14.4. The molecular weight excluding hydrogens is 311 g/mol. The van der Waals surface area contributed by atoms with Crippen molar-refractivity contribution in [3.05, 3.63) is 28.0 Å². The molecule has 1 unspecified atom stereocenters. The summed E-state index contributed by atoms with van der Waals surface area (Å²) in [7, 11) is 0. The third-order valence-corrected chi connectivity index (χ3v) is 3.67. The van der Waals surface area contributed by atoms with Crippen LogP contribution in [0.5, 0.6) is 0 Å². The number of hydrogen-bond acceptors (Lipinski definition) is 2. The van der Waals surface area contributed by atoms with Crippen molar-refractivity contribution in [2.45, 2.75) is 33.1 Å². The third-order valence-electron chi connectivity index (χ3n) is 3.07. The maximum absolute atomic E-state index is 13.4. The second-order valence-electron chi connectivity index (χ2n) is 4.85. The number of carbonyl (C=O) groups is 1. The summed E-state index contributed by atoms with van der Waals surface area (Å²) in [5.41, 5.74) is 6.82. The second-order valence-corrected chi connectivity index (χ2v) is 5.70. The van der Waals surface area contributed by atoms with Crippen LogP contribution in [-0.4, -0.2) is 12.5 Å². The van der Waals surface area contributed by atoms with E-state index in [4.69, 9.17) is 5.73 Å². The Morgan fingerprint density at radius 3 is 2.79 bits per heavy atom. The minimum absolute atomic E-state index is 0.0892. The molecule has 1 rings (SSSR count). The fourth-order valence-corrected chi connectivity index (χ4v) is 2.26. The molecule has 3 N–H and O–H groups in total. The molecule has 1 aromatic rings. The molecule has 0 aliphatic heterocycles. The lowest BCUT2D eigenvalue weighted by atomic mass is 10.0. The Balaban J connectivity index is 2.55. The van der Waals surface area contributed by atoms with Crippen LogP contribution in [0, 0.1) is 18.7 Å². The van der Waals surface area contributed by atoms with E-state index in [1.807, 2.05) is 6.92 Å². The van der Waals surface area contributed by atoms with E-state index in [1.54, 1.807) is 6.07 Å². The van der Waals surface area contributed by atoms with Crippen LogP contribution in [0.2, 0.25) is 0 Å². The summed E-state index contributed by atoms with van der Waals surface area (Å²) in [6, 6.07) is 2.99. The van der Waals surface area contributed by atoms with Crippen LogP contribution in [0.15, 0.2) is 16.6 Å². The number of carbonyl (C=O) groups excluding carboxylic acids is 1. The molecule has 19 heavy (non-hydrogen) atoms. The number of aryl methyl sites for hydroxylation is 1. The van der Waals surface area contributed by atoms with Crippen LogP contribution in [0.1, 0.15) is 31.7 Å². The topological polar surface area (TPSA) is 55.1 Å². The Kier molecular flexibility index (Phi) is 6.45. The molecular formula is C14H20BrFN2O. The fraction of sp³-hybridized carbons (Fsp3) is 0.500.